The smallest absolute Gasteiger partial charge is 0.264 e. The highest BCUT2D eigenvalue weighted by Crippen LogP contribution is 2.27. The third kappa shape index (κ3) is 6.27. The Hall–Kier alpha value is -4.11. The summed E-state index contributed by atoms with van der Waals surface area (Å²) in [6, 6.07) is 19.3. The number of methoxy groups -OCH3 is 1. The SMILES string of the molecule is C=CCNC(=O)c1ccccc1NC(=O)CN(c1cccc(OC)c1)S(=O)(=O)c1ccc(C)cc1. The number of sulfonamides is 1. The number of anilines is 2. The van der Waals surface area contributed by atoms with Crippen LogP contribution in [0, 0.1) is 6.92 Å². The number of ether oxygens (including phenoxy) is 1. The zero-order valence-electron chi connectivity index (χ0n) is 19.5. The molecule has 8 nitrogen and oxygen atoms in total. The molecule has 0 saturated heterocycles. The summed E-state index contributed by atoms with van der Waals surface area (Å²) >= 11 is 0. The van der Waals surface area contributed by atoms with Crippen molar-refractivity contribution in [3.63, 3.8) is 0 Å². The first-order valence-electron chi connectivity index (χ1n) is 10.8. The molecule has 9 heteroatoms. The van der Waals surface area contributed by atoms with E-state index in [1.165, 1.54) is 25.3 Å². The molecule has 0 spiro atoms. The van der Waals surface area contributed by atoms with E-state index in [4.69, 9.17) is 4.74 Å². The Morgan fingerprint density at radius 1 is 1.03 bits per heavy atom. The molecule has 0 radical (unpaired) electrons. The van der Waals surface area contributed by atoms with Crippen molar-refractivity contribution in [3.05, 3.63) is 96.6 Å². The summed E-state index contributed by atoms with van der Waals surface area (Å²) in [4.78, 5) is 25.6. The monoisotopic (exact) mass is 493 g/mol. The summed E-state index contributed by atoms with van der Waals surface area (Å²) < 4.78 is 33.4. The van der Waals surface area contributed by atoms with E-state index in [-0.39, 0.29) is 28.4 Å². The summed E-state index contributed by atoms with van der Waals surface area (Å²) in [5.74, 6) is -0.568. The fourth-order valence-corrected chi connectivity index (χ4v) is 4.70. The van der Waals surface area contributed by atoms with E-state index in [1.807, 2.05) is 6.92 Å². The molecule has 3 aromatic rings. The predicted octanol–water partition coefficient (Wildman–Crippen LogP) is 3.75. The molecule has 0 aliphatic rings. The van der Waals surface area contributed by atoms with E-state index in [0.29, 0.717) is 5.75 Å². The van der Waals surface area contributed by atoms with Gasteiger partial charge in [-0.25, -0.2) is 8.42 Å². The third-order valence-electron chi connectivity index (χ3n) is 5.09. The van der Waals surface area contributed by atoms with Crippen LogP contribution >= 0.6 is 0 Å². The standard InChI is InChI=1S/C26H27N3O5S/c1-4-16-27-26(31)23-10-5-6-11-24(23)28-25(30)18-29(20-8-7-9-21(17-20)34-3)35(32,33)22-14-12-19(2)13-15-22/h4-15,17H,1,16,18H2,2-3H3,(H,27,31)(H,28,30). The zero-order chi connectivity index (χ0) is 25.4. The van der Waals surface area contributed by atoms with Crippen LogP contribution in [0.2, 0.25) is 0 Å². The van der Waals surface area contributed by atoms with Gasteiger partial charge in [0.1, 0.15) is 12.3 Å². The lowest BCUT2D eigenvalue weighted by molar-refractivity contribution is -0.114. The van der Waals surface area contributed by atoms with Crippen molar-refractivity contribution < 1.29 is 22.7 Å². The molecular formula is C26H27N3O5S. The minimum atomic E-state index is -4.10. The van der Waals surface area contributed by atoms with Gasteiger partial charge in [0.05, 0.1) is 28.9 Å². The molecule has 0 bridgehead atoms. The minimum absolute atomic E-state index is 0.0444. The number of benzene rings is 3. The Morgan fingerprint density at radius 3 is 2.43 bits per heavy atom. The second kappa shape index (κ2) is 11.3. The second-order valence-electron chi connectivity index (χ2n) is 7.62. The fourth-order valence-electron chi connectivity index (χ4n) is 3.29. The molecule has 2 N–H and O–H groups in total. The maximum atomic E-state index is 13.6. The van der Waals surface area contributed by atoms with Crippen LogP contribution in [0.4, 0.5) is 11.4 Å². The van der Waals surface area contributed by atoms with Crippen molar-refractivity contribution >= 4 is 33.2 Å². The summed E-state index contributed by atoms with van der Waals surface area (Å²) in [6.07, 6.45) is 1.54. The van der Waals surface area contributed by atoms with E-state index in [0.717, 1.165) is 9.87 Å². The van der Waals surface area contributed by atoms with Crippen LogP contribution in [-0.2, 0) is 14.8 Å². The van der Waals surface area contributed by atoms with Crippen LogP contribution in [0.15, 0.2) is 90.3 Å². The lowest BCUT2D eigenvalue weighted by atomic mass is 10.1. The average Bonchev–Trinajstić information content (AvgIpc) is 2.86. The topological polar surface area (TPSA) is 105 Å². The number of hydrogen-bond acceptors (Lipinski definition) is 5. The van der Waals surface area contributed by atoms with Gasteiger partial charge >= 0.3 is 0 Å². The van der Waals surface area contributed by atoms with Crippen LogP contribution in [-0.4, -0.2) is 40.4 Å². The number of nitrogens with zero attached hydrogens (tertiary/aromatic N) is 1. The number of carbonyl (C=O) groups excluding carboxylic acids is 2. The molecule has 182 valence electrons. The first kappa shape index (κ1) is 25.5. The number of carbonyl (C=O) groups is 2. The first-order chi connectivity index (χ1) is 16.8. The Labute approximate surface area is 205 Å². The minimum Gasteiger partial charge on any atom is -0.497 e. The number of nitrogens with one attached hydrogen (secondary N) is 2. The highest BCUT2D eigenvalue weighted by Gasteiger charge is 2.28. The lowest BCUT2D eigenvalue weighted by Gasteiger charge is -2.24. The van der Waals surface area contributed by atoms with Crippen molar-refractivity contribution in [2.24, 2.45) is 0 Å². The summed E-state index contributed by atoms with van der Waals surface area (Å²) in [7, 11) is -2.62. The van der Waals surface area contributed by atoms with Gasteiger partial charge < -0.3 is 15.4 Å². The normalized spacial score (nSPS) is 10.8. The summed E-state index contributed by atoms with van der Waals surface area (Å²) in [5, 5.41) is 5.33. The van der Waals surface area contributed by atoms with Crippen molar-refractivity contribution in [2.45, 2.75) is 11.8 Å². The number of aryl methyl sites for hydroxylation is 1. The third-order valence-corrected chi connectivity index (χ3v) is 6.88. The molecule has 3 rings (SSSR count). The van der Waals surface area contributed by atoms with E-state index >= 15 is 0 Å². The van der Waals surface area contributed by atoms with Gasteiger partial charge in [-0.3, -0.25) is 13.9 Å². The van der Waals surface area contributed by atoms with Crippen molar-refractivity contribution in [3.8, 4) is 5.75 Å². The predicted molar refractivity (Wildman–Crippen MR) is 136 cm³/mol. The Morgan fingerprint density at radius 2 is 1.74 bits per heavy atom. The second-order valence-corrected chi connectivity index (χ2v) is 9.48. The average molecular weight is 494 g/mol. The summed E-state index contributed by atoms with van der Waals surface area (Å²) in [6.45, 7) is 5.16. The fraction of sp³-hybridized carbons (Fsp3) is 0.154. The molecule has 0 saturated carbocycles. The van der Waals surface area contributed by atoms with Crippen LogP contribution in [0.25, 0.3) is 0 Å². The summed E-state index contributed by atoms with van der Waals surface area (Å²) in [5.41, 5.74) is 1.67. The number of para-hydroxylation sites is 1. The van der Waals surface area contributed by atoms with Gasteiger partial charge in [-0.15, -0.1) is 6.58 Å². The van der Waals surface area contributed by atoms with E-state index in [2.05, 4.69) is 17.2 Å². The zero-order valence-corrected chi connectivity index (χ0v) is 20.3. The maximum absolute atomic E-state index is 13.6. The molecular weight excluding hydrogens is 466 g/mol. The molecule has 0 atom stereocenters. The van der Waals surface area contributed by atoms with Gasteiger partial charge in [0.15, 0.2) is 0 Å². The van der Waals surface area contributed by atoms with Gasteiger partial charge in [-0.1, -0.05) is 42.0 Å². The molecule has 0 fully saturated rings. The van der Waals surface area contributed by atoms with Crippen molar-refractivity contribution in [2.75, 3.05) is 29.8 Å². The van der Waals surface area contributed by atoms with Crippen molar-refractivity contribution in [1.82, 2.24) is 5.32 Å². The van der Waals surface area contributed by atoms with Crippen LogP contribution in [0.1, 0.15) is 15.9 Å². The molecule has 0 aliphatic carbocycles. The molecule has 3 aromatic carbocycles. The maximum Gasteiger partial charge on any atom is 0.264 e. The first-order valence-corrected chi connectivity index (χ1v) is 12.2. The Bertz CT molecular complexity index is 1320. The van der Waals surface area contributed by atoms with Gasteiger partial charge in [0.2, 0.25) is 5.91 Å². The van der Waals surface area contributed by atoms with Gasteiger partial charge in [0.25, 0.3) is 15.9 Å². The van der Waals surface area contributed by atoms with Crippen LogP contribution < -0.4 is 19.7 Å². The van der Waals surface area contributed by atoms with E-state index < -0.39 is 28.4 Å². The van der Waals surface area contributed by atoms with E-state index in [1.54, 1.807) is 60.7 Å². The molecule has 0 aromatic heterocycles. The molecule has 0 unspecified atom stereocenters. The Balaban J connectivity index is 1.94. The molecule has 2 amide bonds. The van der Waals surface area contributed by atoms with Crippen molar-refractivity contribution in [1.29, 1.82) is 0 Å². The Kier molecular flexibility index (Phi) is 8.27. The largest absolute Gasteiger partial charge is 0.497 e. The molecule has 0 heterocycles. The lowest BCUT2D eigenvalue weighted by Crippen LogP contribution is -2.38. The van der Waals surface area contributed by atoms with Crippen LogP contribution in [0.5, 0.6) is 5.75 Å². The number of hydrogen-bond donors (Lipinski definition) is 2. The van der Waals surface area contributed by atoms with Gasteiger partial charge in [-0.05, 0) is 43.3 Å². The highest BCUT2D eigenvalue weighted by atomic mass is 32.2. The molecule has 0 aliphatic heterocycles. The van der Waals surface area contributed by atoms with Crippen LogP contribution in [0.3, 0.4) is 0 Å². The highest BCUT2D eigenvalue weighted by molar-refractivity contribution is 7.92. The quantitative estimate of drug-likeness (QED) is 0.419. The van der Waals surface area contributed by atoms with Gasteiger partial charge in [-0.2, -0.15) is 0 Å². The number of amides is 2. The molecule has 35 heavy (non-hydrogen) atoms. The number of rotatable bonds is 10. The van der Waals surface area contributed by atoms with Gasteiger partial charge in [0, 0.05) is 12.6 Å². The van der Waals surface area contributed by atoms with E-state index in [9.17, 15) is 18.0 Å².